The summed E-state index contributed by atoms with van der Waals surface area (Å²) in [5, 5.41) is 3.54. The van der Waals surface area contributed by atoms with Crippen molar-refractivity contribution in [3.8, 4) is 0 Å². The van der Waals surface area contributed by atoms with E-state index in [1.165, 1.54) is 12.8 Å². The molecule has 20 heavy (non-hydrogen) atoms. The smallest absolute Gasteiger partial charge is 0.128 e. The van der Waals surface area contributed by atoms with Crippen molar-refractivity contribution in [2.45, 2.75) is 44.8 Å². The molecule has 0 unspecified atom stereocenters. The average molecular weight is 274 g/mol. The van der Waals surface area contributed by atoms with Crippen LogP contribution in [0.15, 0.2) is 18.2 Å². The first-order valence-electron chi connectivity index (χ1n) is 7.70. The number of piperazine rings is 1. The summed E-state index contributed by atoms with van der Waals surface area (Å²) in [7, 11) is 2.21. The monoisotopic (exact) mass is 274 g/mol. The van der Waals surface area contributed by atoms with Gasteiger partial charge < -0.3 is 10.2 Å². The van der Waals surface area contributed by atoms with Crippen LogP contribution in [0.5, 0.6) is 0 Å². The molecule has 1 aromatic rings. The van der Waals surface area contributed by atoms with E-state index in [0.717, 1.165) is 43.7 Å². The van der Waals surface area contributed by atoms with Crippen LogP contribution >= 0.6 is 0 Å². The van der Waals surface area contributed by atoms with Gasteiger partial charge in [0.05, 0.1) is 5.69 Å². The van der Waals surface area contributed by atoms with Crippen molar-refractivity contribution in [1.82, 2.24) is 15.2 Å². The van der Waals surface area contributed by atoms with E-state index in [1.54, 1.807) is 0 Å². The van der Waals surface area contributed by atoms with Gasteiger partial charge in [-0.05, 0) is 45.9 Å². The van der Waals surface area contributed by atoms with Crippen molar-refractivity contribution in [3.05, 3.63) is 23.9 Å². The van der Waals surface area contributed by atoms with Gasteiger partial charge in [0, 0.05) is 37.8 Å². The number of rotatable bonds is 4. The van der Waals surface area contributed by atoms with Crippen LogP contribution in [-0.2, 0) is 6.54 Å². The molecule has 1 aliphatic heterocycles. The van der Waals surface area contributed by atoms with Gasteiger partial charge in [-0.15, -0.1) is 0 Å². The van der Waals surface area contributed by atoms with Gasteiger partial charge in [-0.2, -0.15) is 0 Å². The Morgan fingerprint density at radius 3 is 2.80 bits per heavy atom. The van der Waals surface area contributed by atoms with Crippen molar-refractivity contribution in [3.63, 3.8) is 0 Å². The highest BCUT2D eigenvalue weighted by atomic mass is 15.3. The maximum absolute atomic E-state index is 4.83. The molecule has 1 aromatic heterocycles. The van der Waals surface area contributed by atoms with Gasteiger partial charge in [0.25, 0.3) is 0 Å². The number of aromatic nitrogens is 1. The van der Waals surface area contributed by atoms with E-state index in [4.69, 9.17) is 4.98 Å². The Morgan fingerprint density at radius 1 is 1.30 bits per heavy atom. The molecule has 0 atom stereocenters. The minimum Gasteiger partial charge on any atom is -0.353 e. The zero-order valence-electron chi connectivity index (χ0n) is 12.9. The van der Waals surface area contributed by atoms with Crippen molar-refractivity contribution < 1.29 is 0 Å². The summed E-state index contributed by atoms with van der Waals surface area (Å²) >= 11 is 0. The molecule has 1 saturated carbocycles. The van der Waals surface area contributed by atoms with Gasteiger partial charge in [0.15, 0.2) is 0 Å². The van der Waals surface area contributed by atoms with E-state index in [1.807, 2.05) is 0 Å². The minimum absolute atomic E-state index is 0.211. The summed E-state index contributed by atoms with van der Waals surface area (Å²) in [4.78, 5) is 9.68. The molecule has 0 aromatic carbocycles. The number of pyridine rings is 1. The van der Waals surface area contributed by atoms with Gasteiger partial charge >= 0.3 is 0 Å². The molecule has 2 fully saturated rings. The molecular weight excluding hydrogens is 248 g/mol. The molecule has 4 heteroatoms. The second-order valence-corrected chi connectivity index (χ2v) is 6.80. The van der Waals surface area contributed by atoms with Crippen LogP contribution in [0, 0.1) is 0 Å². The second-order valence-electron chi connectivity index (χ2n) is 6.80. The van der Waals surface area contributed by atoms with Crippen LogP contribution < -0.4 is 10.2 Å². The largest absolute Gasteiger partial charge is 0.353 e. The third kappa shape index (κ3) is 3.13. The fourth-order valence-corrected chi connectivity index (χ4v) is 2.71. The highest BCUT2D eigenvalue weighted by Gasteiger charge is 2.31. The zero-order valence-corrected chi connectivity index (χ0v) is 12.9. The average Bonchev–Trinajstić information content (AvgIpc) is 3.24. The third-order valence-electron chi connectivity index (χ3n) is 4.58. The molecule has 0 spiro atoms. The first-order valence-corrected chi connectivity index (χ1v) is 7.70. The SMILES string of the molecule is CN1CCN(c2cccc(CNC3CC3)n2)CC1(C)C. The highest BCUT2D eigenvalue weighted by Crippen LogP contribution is 2.23. The quantitative estimate of drug-likeness (QED) is 0.908. The molecule has 110 valence electrons. The maximum Gasteiger partial charge on any atom is 0.128 e. The van der Waals surface area contributed by atoms with E-state index >= 15 is 0 Å². The van der Waals surface area contributed by atoms with E-state index in [-0.39, 0.29) is 5.54 Å². The van der Waals surface area contributed by atoms with Gasteiger partial charge in [0.1, 0.15) is 5.82 Å². The number of hydrogen-bond acceptors (Lipinski definition) is 4. The van der Waals surface area contributed by atoms with Gasteiger partial charge in [0.2, 0.25) is 0 Å². The molecule has 0 radical (unpaired) electrons. The van der Waals surface area contributed by atoms with E-state index < -0.39 is 0 Å². The Labute approximate surface area is 122 Å². The van der Waals surface area contributed by atoms with Crippen molar-refractivity contribution in [2.75, 3.05) is 31.6 Å². The molecular formula is C16H26N4. The summed E-state index contributed by atoms with van der Waals surface area (Å²) in [5.74, 6) is 1.13. The van der Waals surface area contributed by atoms with Gasteiger partial charge in [-0.25, -0.2) is 4.98 Å². The molecule has 2 aliphatic rings. The van der Waals surface area contributed by atoms with Crippen LogP contribution in [0.1, 0.15) is 32.4 Å². The van der Waals surface area contributed by atoms with Crippen molar-refractivity contribution in [1.29, 1.82) is 0 Å². The summed E-state index contributed by atoms with van der Waals surface area (Å²) in [6, 6.07) is 7.14. The highest BCUT2D eigenvalue weighted by molar-refractivity contribution is 5.40. The van der Waals surface area contributed by atoms with Crippen LogP contribution in [0.25, 0.3) is 0 Å². The molecule has 4 nitrogen and oxygen atoms in total. The predicted octanol–water partition coefficient (Wildman–Crippen LogP) is 1.86. The third-order valence-corrected chi connectivity index (χ3v) is 4.58. The standard InChI is InChI=1S/C16H26N4/c1-16(2)12-20(10-9-19(16)3)15-6-4-5-14(18-15)11-17-13-7-8-13/h4-6,13,17H,7-12H2,1-3H3. The first-order chi connectivity index (χ1) is 9.54. The molecule has 3 rings (SSSR count). The lowest BCUT2D eigenvalue weighted by atomic mass is 10.00. The number of anilines is 1. The van der Waals surface area contributed by atoms with E-state index in [0.29, 0.717) is 0 Å². The second kappa shape index (κ2) is 5.34. The number of hydrogen-bond donors (Lipinski definition) is 1. The fraction of sp³-hybridized carbons (Fsp3) is 0.688. The molecule has 1 saturated heterocycles. The minimum atomic E-state index is 0.211. The van der Waals surface area contributed by atoms with Crippen LogP contribution in [-0.4, -0.2) is 48.1 Å². The zero-order chi connectivity index (χ0) is 14.2. The summed E-state index contributed by atoms with van der Waals surface area (Å²) in [5.41, 5.74) is 1.37. The fourth-order valence-electron chi connectivity index (χ4n) is 2.71. The molecule has 2 heterocycles. The van der Waals surface area contributed by atoms with E-state index in [9.17, 15) is 0 Å². The van der Waals surface area contributed by atoms with Gasteiger partial charge in [-0.3, -0.25) is 4.90 Å². The summed E-state index contributed by atoms with van der Waals surface area (Å²) in [6.45, 7) is 8.70. The van der Waals surface area contributed by atoms with Crippen molar-refractivity contribution >= 4 is 5.82 Å². The van der Waals surface area contributed by atoms with Gasteiger partial charge in [-0.1, -0.05) is 6.07 Å². The maximum atomic E-state index is 4.83. The lowest BCUT2D eigenvalue weighted by Gasteiger charge is -2.45. The number of likely N-dealkylation sites (N-methyl/N-ethyl adjacent to an activating group) is 1. The van der Waals surface area contributed by atoms with Crippen LogP contribution in [0.3, 0.4) is 0 Å². The molecule has 0 bridgehead atoms. The topological polar surface area (TPSA) is 31.4 Å². The Balaban J connectivity index is 1.68. The molecule has 1 aliphatic carbocycles. The summed E-state index contributed by atoms with van der Waals surface area (Å²) in [6.07, 6.45) is 2.65. The van der Waals surface area contributed by atoms with E-state index in [2.05, 4.69) is 54.2 Å². The van der Waals surface area contributed by atoms with Crippen LogP contribution in [0.4, 0.5) is 5.82 Å². The van der Waals surface area contributed by atoms with Crippen molar-refractivity contribution in [2.24, 2.45) is 0 Å². The lowest BCUT2D eigenvalue weighted by Crippen LogP contribution is -2.57. The first kappa shape index (κ1) is 13.8. The Morgan fingerprint density at radius 2 is 2.10 bits per heavy atom. The summed E-state index contributed by atoms with van der Waals surface area (Å²) < 4.78 is 0. The number of nitrogens with zero attached hydrogens (tertiary/aromatic N) is 3. The Kier molecular flexibility index (Phi) is 3.69. The Hall–Kier alpha value is -1.13. The normalized spacial score (nSPS) is 23.1. The predicted molar refractivity (Wildman–Crippen MR) is 83.0 cm³/mol. The van der Waals surface area contributed by atoms with Crippen LogP contribution in [0.2, 0.25) is 0 Å². The lowest BCUT2D eigenvalue weighted by molar-refractivity contribution is 0.138. The number of nitrogens with one attached hydrogen (secondary N) is 1. The molecule has 0 amide bonds. The Bertz CT molecular complexity index is 467. The molecule has 1 N–H and O–H groups in total.